The summed E-state index contributed by atoms with van der Waals surface area (Å²) in [6, 6.07) is 9.86. The van der Waals surface area contributed by atoms with E-state index in [0.717, 1.165) is 0 Å². The summed E-state index contributed by atoms with van der Waals surface area (Å²) < 4.78 is 5.32. The van der Waals surface area contributed by atoms with Crippen LogP contribution in [0.1, 0.15) is 10.4 Å². The number of aromatic nitrogens is 1. The number of hydrogen-bond donors (Lipinski definition) is 0. The molecule has 1 aromatic carbocycles. The average Bonchev–Trinajstić information content (AvgIpc) is 2.41. The van der Waals surface area contributed by atoms with Crippen molar-refractivity contribution >= 4 is 29.0 Å². The predicted octanol–water partition coefficient (Wildman–Crippen LogP) is 4.16. The van der Waals surface area contributed by atoms with Crippen molar-refractivity contribution in [3.63, 3.8) is 0 Å². The molecule has 0 saturated carbocycles. The minimum absolute atomic E-state index is 0.0303. The van der Waals surface area contributed by atoms with E-state index in [1.165, 1.54) is 6.20 Å². The second-order valence-electron chi connectivity index (χ2n) is 3.65. The first-order chi connectivity index (χ1) is 9.08. The Morgan fingerprint density at radius 2 is 1.89 bits per heavy atom. The van der Waals surface area contributed by atoms with Gasteiger partial charge in [0.05, 0.1) is 11.2 Å². The molecule has 0 aliphatic carbocycles. The van der Waals surface area contributed by atoms with E-state index in [1.807, 2.05) is 0 Å². The number of pyridine rings is 1. The number of rotatable bonds is 4. The molecule has 1 aromatic heterocycles. The molecular formula is C14H9Cl2NO2. The molecule has 0 saturated heterocycles. The second kappa shape index (κ2) is 5.87. The maximum absolute atomic E-state index is 12.1. The zero-order valence-corrected chi connectivity index (χ0v) is 11.3. The first kappa shape index (κ1) is 13.6. The van der Waals surface area contributed by atoms with Gasteiger partial charge in [-0.25, -0.2) is 4.98 Å². The van der Waals surface area contributed by atoms with Crippen molar-refractivity contribution in [2.24, 2.45) is 0 Å². The molecule has 0 N–H and O–H groups in total. The zero-order valence-electron chi connectivity index (χ0n) is 9.77. The first-order valence-electron chi connectivity index (χ1n) is 5.35. The highest BCUT2D eigenvalue weighted by atomic mass is 35.5. The fraction of sp³-hybridized carbons (Fsp3) is 0. The fourth-order valence-electron chi connectivity index (χ4n) is 1.41. The Morgan fingerprint density at radius 1 is 1.16 bits per heavy atom. The molecule has 0 aliphatic heterocycles. The standard InChI is InChI=1S/C14H9Cl2NO2/c1-9(19-10-6-7-13(16)17-8-10)14(18)11-4-2-3-5-12(11)15/h2-8H,1H2. The second-order valence-corrected chi connectivity index (χ2v) is 4.45. The Morgan fingerprint density at radius 3 is 2.53 bits per heavy atom. The van der Waals surface area contributed by atoms with Gasteiger partial charge in [-0.3, -0.25) is 4.79 Å². The summed E-state index contributed by atoms with van der Waals surface area (Å²) in [6.45, 7) is 3.60. The van der Waals surface area contributed by atoms with Gasteiger partial charge in [0.2, 0.25) is 5.78 Å². The highest BCUT2D eigenvalue weighted by Crippen LogP contribution is 2.21. The lowest BCUT2D eigenvalue weighted by Crippen LogP contribution is -2.08. The quantitative estimate of drug-likeness (QED) is 0.368. The molecule has 0 atom stereocenters. The third kappa shape index (κ3) is 3.34. The van der Waals surface area contributed by atoms with Gasteiger partial charge in [-0.2, -0.15) is 0 Å². The first-order valence-corrected chi connectivity index (χ1v) is 6.11. The van der Waals surface area contributed by atoms with Crippen molar-refractivity contribution in [1.82, 2.24) is 4.98 Å². The van der Waals surface area contributed by atoms with Crippen LogP contribution in [0.3, 0.4) is 0 Å². The molecule has 96 valence electrons. The number of hydrogen-bond acceptors (Lipinski definition) is 3. The van der Waals surface area contributed by atoms with Crippen molar-refractivity contribution in [2.75, 3.05) is 0 Å². The fourth-order valence-corrected chi connectivity index (χ4v) is 1.74. The van der Waals surface area contributed by atoms with E-state index in [9.17, 15) is 4.79 Å². The Balaban J connectivity index is 2.14. The van der Waals surface area contributed by atoms with Gasteiger partial charge < -0.3 is 4.74 Å². The number of ketones is 1. The van der Waals surface area contributed by atoms with E-state index >= 15 is 0 Å². The molecule has 0 amide bonds. The number of ether oxygens (including phenoxy) is 1. The molecule has 0 aliphatic rings. The molecule has 1 heterocycles. The number of Topliss-reactive ketones (excluding diaryl/α,β-unsaturated/α-hetero) is 1. The van der Waals surface area contributed by atoms with Crippen LogP contribution >= 0.6 is 23.2 Å². The predicted molar refractivity (Wildman–Crippen MR) is 74.8 cm³/mol. The number of nitrogens with zero attached hydrogens (tertiary/aromatic N) is 1. The smallest absolute Gasteiger partial charge is 0.229 e. The van der Waals surface area contributed by atoms with Crippen molar-refractivity contribution in [3.8, 4) is 5.75 Å². The van der Waals surface area contributed by atoms with Crippen LogP contribution in [0.15, 0.2) is 54.9 Å². The van der Waals surface area contributed by atoms with Crippen LogP contribution in [0.25, 0.3) is 0 Å². The van der Waals surface area contributed by atoms with E-state index in [4.69, 9.17) is 27.9 Å². The molecule has 3 nitrogen and oxygen atoms in total. The lowest BCUT2D eigenvalue weighted by atomic mass is 10.1. The number of allylic oxidation sites excluding steroid dienone is 1. The zero-order chi connectivity index (χ0) is 13.8. The molecule has 0 spiro atoms. The van der Waals surface area contributed by atoms with Gasteiger partial charge >= 0.3 is 0 Å². The van der Waals surface area contributed by atoms with E-state index in [2.05, 4.69) is 11.6 Å². The summed E-state index contributed by atoms with van der Waals surface area (Å²) in [6.07, 6.45) is 1.41. The molecule has 5 heteroatoms. The largest absolute Gasteiger partial charge is 0.452 e. The molecule has 0 unspecified atom stereocenters. The molecule has 2 aromatic rings. The third-order valence-corrected chi connectivity index (χ3v) is 2.87. The van der Waals surface area contributed by atoms with E-state index in [0.29, 0.717) is 21.5 Å². The summed E-state index contributed by atoms with van der Waals surface area (Å²) in [4.78, 5) is 15.9. The number of carbonyl (C=O) groups is 1. The van der Waals surface area contributed by atoms with Gasteiger partial charge in [-0.05, 0) is 24.3 Å². The van der Waals surface area contributed by atoms with Gasteiger partial charge in [-0.15, -0.1) is 0 Å². The number of halogens is 2. The highest BCUT2D eigenvalue weighted by Gasteiger charge is 2.15. The molecule has 19 heavy (non-hydrogen) atoms. The van der Waals surface area contributed by atoms with Crippen LogP contribution in [0.4, 0.5) is 0 Å². The average molecular weight is 294 g/mol. The normalized spacial score (nSPS) is 10.0. The molecule has 0 radical (unpaired) electrons. The van der Waals surface area contributed by atoms with E-state index in [-0.39, 0.29) is 11.5 Å². The van der Waals surface area contributed by atoms with Crippen molar-refractivity contribution in [3.05, 3.63) is 70.7 Å². The number of benzene rings is 1. The Kier molecular flexibility index (Phi) is 4.20. The van der Waals surface area contributed by atoms with Crippen LogP contribution < -0.4 is 4.74 Å². The SMILES string of the molecule is C=C(Oc1ccc(Cl)nc1)C(=O)c1ccccc1Cl. The van der Waals surface area contributed by atoms with Crippen LogP contribution in [0.5, 0.6) is 5.75 Å². The molecular weight excluding hydrogens is 285 g/mol. The van der Waals surface area contributed by atoms with Crippen LogP contribution in [-0.2, 0) is 0 Å². The Bertz CT molecular complexity index is 624. The van der Waals surface area contributed by atoms with Crippen molar-refractivity contribution < 1.29 is 9.53 Å². The summed E-state index contributed by atoms with van der Waals surface area (Å²) in [5.74, 6) is -0.0208. The Hall–Kier alpha value is -1.84. The molecule has 2 rings (SSSR count). The van der Waals surface area contributed by atoms with Crippen LogP contribution in [-0.4, -0.2) is 10.8 Å². The molecule has 0 fully saturated rings. The third-order valence-electron chi connectivity index (χ3n) is 2.31. The minimum atomic E-state index is -0.374. The van der Waals surface area contributed by atoms with E-state index < -0.39 is 0 Å². The maximum atomic E-state index is 12.1. The van der Waals surface area contributed by atoms with Crippen LogP contribution in [0, 0.1) is 0 Å². The monoisotopic (exact) mass is 293 g/mol. The van der Waals surface area contributed by atoms with Gasteiger partial charge in [0.15, 0.2) is 5.76 Å². The van der Waals surface area contributed by atoms with Crippen molar-refractivity contribution in [1.29, 1.82) is 0 Å². The lowest BCUT2D eigenvalue weighted by Gasteiger charge is -2.08. The maximum Gasteiger partial charge on any atom is 0.229 e. The summed E-state index contributed by atoms with van der Waals surface area (Å²) in [5.41, 5.74) is 0.344. The summed E-state index contributed by atoms with van der Waals surface area (Å²) in [7, 11) is 0. The van der Waals surface area contributed by atoms with Gasteiger partial charge in [0, 0.05) is 5.56 Å². The summed E-state index contributed by atoms with van der Waals surface area (Å²) >= 11 is 11.6. The van der Waals surface area contributed by atoms with Gasteiger partial charge in [-0.1, -0.05) is 41.9 Å². The van der Waals surface area contributed by atoms with Gasteiger partial charge in [0.25, 0.3) is 0 Å². The highest BCUT2D eigenvalue weighted by molar-refractivity contribution is 6.34. The molecule has 0 bridgehead atoms. The van der Waals surface area contributed by atoms with Crippen LogP contribution in [0.2, 0.25) is 10.2 Å². The van der Waals surface area contributed by atoms with Gasteiger partial charge in [0.1, 0.15) is 10.9 Å². The topological polar surface area (TPSA) is 39.2 Å². The van der Waals surface area contributed by atoms with E-state index in [1.54, 1.807) is 36.4 Å². The number of carbonyl (C=O) groups excluding carboxylic acids is 1. The van der Waals surface area contributed by atoms with Crippen molar-refractivity contribution in [2.45, 2.75) is 0 Å². The lowest BCUT2D eigenvalue weighted by molar-refractivity contribution is 0.0987. The summed E-state index contributed by atoms with van der Waals surface area (Å²) in [5, 5.41) is 0.696. The Labute approximate surface area is 120 Å². The minimum Gasteiger partial charge on any atom is -0.452 e.